The third-order valence-corrected chi connectivity index (χ3v) is 3.31. The smallest absolute Gasteiger partial charge is 0.310 e. The maximum Gasteiger partial charge on any atom is 0.310 e. The number of halogens is 1. The molecule has 2 aromatic carbocycles. The predicted octanol–water partition coefficient (Wildman–Crippen LogP) is 2.69. The second-order valence-electron chi connectivity index (χ2n) is 4.77. The molecule has 2 rings (SSSR count). The lowest BCUT2D eigenvalue weighted by Gasteiger charge is -2.05. The van der Waals surface area contributed by atoms with Gasteiger partial charge in [-0.1, -0.05) is 29.8 Å². The molecule has 0 aliphatic carbocycles. The first-order valence-corrected chi connectivity index (χ1v) is 7.38. The molecule has 1 N–H and O–H groups in total. The Morgan fingerprint density at radius 1 is 1.15 bits per heavy atom. The summed E-state index contributed by atoms with van der Waals surface area (Å²) < 4.78 is 5.09. The van der Waals surface area contributed by atoms with E-state index in [1.807, 2.05) is 0 Å². The third-order valence-electron chi connectivity index (χ3n) is 2.99. The zero-order chi connectivity index (χ0) is 19.1. The van der Waals surface area contributed by atoms with Crippen LogP contribution in [0.25, 0.3) is 0 Å². The Labute approximate surface area is 151 Å². The Kier molecular flexibility index (Phi) is 6.17. The standard InChI is InChI=1S/C15H11ClN4O6/c16-11-6-5-10(7-13(11)20(24)25)8-17-18-15(21)9-26-14-4-2-1-3-12(14)19(22)23/h1-8H,9H2,(H,18,21)/b17-8+. The van der Waals surface area contributed by atoms with Gasteiger partial charge in [0.15, 0.2) is 12.4 Å². The summed E-state index contributed by atoms with van der Waals surface area (Å²) in [5.74, 6) is -0.715. The van der Waals surface area contributed by atoms with Gasteiger partial charge >= 0.3 is 5.69 Å². The largest absolute Gasteiger partial charge is 0.477 e. The number of hydrogen-bond donors (Lipinski definition) is 1. The summed E-state index contributed by atoms with van der Waals surface area (Å²) in [4.78, 5) is 32.0. The first-order valence-electron chi connectivity index (χ1n) is 7.00. The van der Waals surface area contributed by atoms with Crippen molar-refractivity contribution in [3.63, 3.8) is 0 Å². The van der Waals surface area contributed by atoms with E-state index in [-0.39, 0.29) is 22.1 Å². The fourth-order valence-corrected chi connectivity index (χ4v) is 2.02. The molecule has 0 spiro atoms. The number of rotatable bonds is 7. The highest BCUT2D eigenvalue weighted by Crippen LogP contribution is 2.26. The number of para-hydroxylation sites is 2. The molecule has 0 saturated heterocycles. The summed E-state index contributed by atoms with van der Waals surface area (Å²) >= 11 is 5.69. The molecule has 0 atom stereocenters. The van der Waals surface area contributed by atoms with Crippen LogP contribution in [0, 0.1) is 20.2 Å². The predicted molar refractivity (Wildman–Crippen MR) is 92.4 cm³/mol. The molecule has 0 saturated carbocycles. The number of nitro benzene ring substituents is 2. The van der Waals surface area contributed by atoms with Crippen molar-refractivity contribution in [1.29, 1.82) is 0 Å². The number of hydrazone groups is 1. The van der Waals surface area contributed by atoms with E-state index in [1.165, 1.54) is 48.7 Å². The number of carbonyl (C=O) groups excluding carboxylic acids is 1. The number of hydrogen-bond acceptors (Lipinski definition) is 7. The van der Waals surface area contributed by atoms with Crippen LogP contribution >= 0.6 is 11.6 Å². The van der Waals surface area contributed by atoms with Gasteiger partial charge < -0.3 is 4.74 Å². The van der Waals surface area contributed by atoms with Crippen molar-refractivity contribution in [2.75, 3.05) is 6.61 Å². The molecule has 1 amide bonds. The molecule has 11 heteroatoms. The molecular weight excluding hydrogens is 368 g/mol. The maximum atomic E-state index is 11.7. The van der Waals surface area contributed by atoms with Gasteiger partial charge in [0.2, 0.25) is 0 Å². The summed E-state index contributed by atoms with van der Waals surface area (Å²) in [7, 11) is 0. The Hall–Kier alpha value is -3.53. The Morgan fingerprint density at radius 3 is 2.54 bits per heavy atom. The number of amides is 1. The fraction of sp³-hybridized carbons (Fsp3) is 0.0667. The molecule has 0 radical (unpaired) electrons. The first-order chi connectivity index (χ1) is 12.4. The minimum absolute atomic E-state index is 0.0194. The quantitative estimate of drug-likeness (QED) is 0.446. The Morgan fingerprint density at radius 2 is 1.85 bits per heavy atom. The second kappa shape index (κ2) is 8.53. The Balaban J connectivity index is 1.93. The van der Waals surface area contributed by atoms with Gasteiger partial charge in [0.25, 0.3) is 11.6 Å². The average Bonchev–Trinajstić information content (AvgIpc) is 2.61. The number of ether oxygens (including phenoxy) is 1. The summed E-state index contributed by atoms with van der Waals surface area (Å²) in [5, 5.41) is 25.3. The van der Waals surface area contributed by atoms with Gasteiger partial charge in [-0.05, 0) is 12.1 Å². The third kappa shape index (κ3) is 4.98. The van der Waals surface area contributed by atoms with Crippen molar-refractivity contribution in [2.24, 2.45) is 5.10 Å². The molecule has 134 valence electrons. The van der Waals surface area contributed by atoms with Gasteiger partial charge in [-0.3, -0.25) is 25.0 Å². The van der Waals surface area contributed by atoms with E-state index in [0.29, 0.717) is 5.56 Å². The topological polar surface area (TPSA) is 137 Å². The van der Waals surface area contributed by atoms with Crippen LogP contribution in [0.3, 0.4) is 0 Å². The maximum absolute atomic E-state index is 11.7. The number of nitrogens with zero attached hydrogens (tertiary/aromatic N) is 3. The number of nitro groups is 2. The number of benzene rings is 2. The minimum Gasteiger partial charge on any atom is -0.477 e. The van der Waals surface area contributed by atoms with Crippen molar-refractivity contribution in [1.82, 2.24) is 5.43 Å². The van der Waals surface area contributed by atoms with E-state index in [9.17, 15) is 25.0 Å². The highest BCUT2D eigenvalue weighted by Gasteiger charge is 2.15. The van der Waals surface area contributed by atoms with Crippen molar-refractivity contribution < 1.29 is 19.4 Å². The average molecular weight is 379 g/mol. The van der Waals surface area contributed by atoms with Crippen LogP contribution in [0.4, 0.5) is 11.4 Å². The highest BCUT2D eigenvalue weighted by atomic mass is 35.5. The van der Waals surface area contributed by atoms with Crippen LogP contribution in [0.5, 0.6) is 5.75 Å². The zero-order valence-corrected chi connectivity index (χ0v) is 13.8. The summed E-state index contributed by atoms with van der Waals surface area (Å²) in [6, 6.07) is 9.63. The molecule has 26 heavy (non-hydrogen) atoms. The van der Waals surface area contributed by atoms with E-state index in [2.05, 4.69) is 10.5 Å². The van der Waals surface area contributed by atoms with Crippen molar-refractivity contribution in [3.05, 3.63) is 73.3 Å². The van der Waals surface area contributed by atoms with Crippen LogP contribution in [0.15, 0.2) is 47.6 Å². The lowest BCUT2D eigenvalue weighted by molar-refractivity contribution is -0.385. The van der Waals surface area contributed by atoms with Crippen molar-refractivity contribution in [2.45, 2.75) is 0 Å². The molecule has 0 unspecified atom stereocenters. The van der Waals surface area contributed by atoms with Crippen LogP contribution < -0.4 is 10.2 Å². The fourth-order valence-electron chi connectivity index (χ4n) is 1.83. The van der Waals surface area contributed by atoms with Crippen LogP contribution in [0.2, 0.25) is 5.02 Å². The highest BCUT2D eigenvalue weighted by molar-refractivity contribution is 6.32. The van der Waals surface area contributed by atoms with E-state index in [4.69, 9.17) is 16.3 Å². The summed E-state index contributed by atoms with van der Waals surface area (Å²) in [6.45, 7) is -0.497. The minimum atomic E-state index is -0.664. The summed E-state index contributed by atoms with van der Waals surface area (Å²) in [5.41, 5.74) is 1.94. The molecule has 0 heterocycles. The molecule has 0 aromatic heterocycles. The van der Waals surface area contributed by atoms with Gasteiger partial charge in [0.05, 0.1) is 16.1 Å². The molecule has 0 fully saturated rings. The van der Waals surface area contributed by atoms with Gasteiger partial charge in [-0.15, -0.1) is 0 Å². The SMILES string of the molecule is O=C(COc1ccccc1[N+](=O)[O-])N/N=C/c1ccc(Cl)c([N+](=O)[O-])c1. The van der Waals surface area contributed by atoms with Gasteiger partial charge in [-0.2, -0.15) is 5.10 Å². The van der Waals surface area contributed by atoms with E-state index in [1.54, 1.807) is 0 Å². The zero-order valence-electron chi connectivity index (χ0n) is 13.0. The summed E-state index contributed by atoms with van der Waals surface area (Å²) in [6.07, 6.45) is 1.19. The first kappa shape index (κ1) is 18.8. The van der Waals surface area contributed by atoms with Crippen molar-refractivity contribution in [3.8, 4) is 5.75 Å². The van der Waals surface area contributed by atoms with E-state index >= 15 is 0 Å². The molecule has 2 aromatic rings. The van der Waals surface area contributed by atoms with Gasteiger partial charge in [0, 0.05) is 17.7 Å². The van der Waals surface area contributed by atoms with Gasteiger partial charge in [-0.25, -0.2) is 5.43 Å². The monoisotopic (exact) mass is 378 g/mol. The molecule has 0 bridgehead atoms. The van der Waals surface area contributed by atoms with E-state index < -0.39 is 22.4 Å². The molecular formula is C15H11ClN4O6. The molecule has 0 aliphatic heterocycles. The van der Waals surface area contributed by atoms with E-state index in [0.717, 1.165) is 0 Å². The van der Waals surface area contributed by atoms with Crippen LogP contribution in [0.1, 0.15) is 5.56 Å². The molecule has 0 aliphatic rings. The van der Waals surface area contributed by atoms with Crippen LogP contribution in [-0.4, -0.2) is 28.6 Å². The molecule has 10 nitrogen and oxygen atoms in total. The van der Waals surface area contributed by atoms with Gasteiger partial charge in [0.1, 0.15) is 5.02 Å². The normalized spacial score (nSPS) is 10.5. The Bertz CT molecular complexity index is 886. The lowest BCUT2D eigenvalue weighted by Crippen LogP contribution is -2.24. The van der Waals surface area contributed by atoms with Crippen molar-refractivity contribution >= 4 is 35.1 Å². The van der Waals surface area contributed by atoms with Crippen LogP contribution in [-0.2, 0) is 4.79 Å². The number of carbonyl (C=O) groups is 1. The lowest BCUT2D eigenvalue weighted by atomic mass is 10.2. The number of nitrogens with one attached hydrogen (secondary N) is 1. The second-order valence-corrected chi connectivity index (χ2v) is 5.18.